The molecule has 1 aromatic carbocycles. The third-order valence-electron chi connectivity index (χ3n) is 1.86. The Balaban J connectivity index is 2.86. The summed E-state index contributed by atoms with van der Waals surface area (Å²) in [6, 6.07) is 3.56. The van der Waals surface area contributed by atoms with Crippen LogP contribution in [0.4, 0.5) is 5.69 Å². The van der Waals surface area contributed by atoms with E-state index in [9.17, 15) is 0 Å². The van der Waals surface area contributed by atoms with Gasteiger partial charge in [-0.3, -0.25) is 16.1 Å². The summed E-state index contributed by atoms with van der Waals surface area (Å²) in [5, 5.41) is 20.1. The highest BCUT2D eigenvalue weighted by atomic mass is 79.9. The lowest BCUT2D eigenvalue weighted by molar-refractivity contribution is 1.20. The van der Waals surface area contributed by atoms with Crippen LogP contribution in [0.1, 0.15) is 5.56 Å². The van der Waals surface area contributed by atoms with E-state index >= 15 is 0 Å². The standard InChI is InChI=1S/C9H11BrClN5/c1-4-6(3-2-5(10)7(4)11)15-9(14)16-8(12)13/h2-3H,1H3,(H6,12,13,14,15,16). The molecule has 0 atom stereocenters. The zero-order chi connectivity index (χ0) is 12.3. The van der Waals surface area contributed by atoms with E-state index in [0.717, 1.165) is 10.0 Å². The predicted molar refractivity (Wildman–Crippen MR) is 70.3 cm³/mol. The molecule has 1 aromatic rings. The van der Waals surface area contributed by atoms with Crippen molar-refractivity contribution >= 4 is 45.1 Å². The van der Waals surface area contributed by atoms with Gasteiger partial charge in [0.2, 0.25) is 0 Å². The maximum Gasteiger partial charge on any atom is 0.199 e. The third kappa shape index (κ3) is 3.11. The van der Waals surface area contributed by atoms with Crippen LogP contribution in [0.25, 0.3) is 0 Å². The zero-order valence-corrected chi connectivity index (χ0v) is 10.8. The lowest BCUT2D eigenvalue weighted by Gasteiger charge is -2.12. The lowest BCUT2D eigenvalue weighted by Crippen LogP contribution is -2.39. The van der Waals surface area contributed by atoms with Gasteiger partial charge in [-0.25, -0.2) is 0 Å². The summed E-state index contributed by atoms with van der Waals surface area (Å²) in [7, 11) is 0. The van der Waals surface area contributed by atoms with Crippen LogP contribution in [-0.2, 0) is 0 Å². The van der Waals surface area contributed by atoms with Crippen LogP contribution in [0.2, 0.25) is 5.02 Å². The molecule has 0 radical (unpaired) electrons. The molecule has 0 fully saturated rings. The number of nitrogens with one attached hydrogen (secondary N) is 4. The second kappa shape index (κ2) is 5.18. The summed E-state index contributed by atoms with van der Waals surface area (Å²) >= 11 is 9.33. The molecule has 0 amide bonds. The van der Waals surface area contributed by atoms with Crippen molar-refractivity contribution in [2.75, 3.05) is 5.32 Å². The second-order valence-corrected chi connectivity index (χ2v) is 4.30. The van der Waals surface area contributed by atoms with Gasteiger partial charge in [-0.15, -0.1) is 0 Å². The summed E-state index contributed by atoms with van der Waals surface area (Å²) in [6.07, 6.45) is 0. The van der Waals surface area contributed by atoms with E-state index in [1.165, 1.54) is 0 Å². The van der Waals surface area contributed by atoms with Gasteiger partial charge in [0.1, 0.15) is 0 Å². The van der Waals surface area contributed by atoms with Crippen molar-refractivity contribution in [2.45, 2.75) is 6.92 Å². The van der Waals surface area contributed by atoms with Gasteiger partial charge < -0.3 is 11.1 Å². The minimum absolute atomic E-state index is 0.0750. The number of hydrogen-bond donors (Lipinski definition) is 5. The molecule has 0 aliphatic rings. The van der Waals surface area contributed by atoms with Gasteiger partial charge in [0.15, 0.2) is 11.9 Å². The Morgan fingerprint density at radius 2 is 2.06 bits per heavy atom. The monoisotopic (exact) mass is 303 g/mol. The van der Waals surface area contributed by atoms with Crippen LogP contribution >= 0.6 is 27.5 Å². The van der Waals surface area contributed by atoms with Crippen molar-refractivity contribution < 1.29 is 0 Å². The highest BCUT2D eigenvalue weighted by Gasteiger charge is 2.07. The van der Waals surface area contributed by atoms with E-state index in [1.54, 1.807) is 12.1 Å². The lowest BCUT2D eigenvalue weighted by atomic mass is 10.2. The topological polar surface area (TPSA) is 97.8 Å². The maximum absolute atomic E-state index is 7.48. The van der Waals surface area contributed by atoms with E-state index in [4.69, 9.17) is 28.2 Å². The smallest absolute Gasteiger partial charge is 0.199 e. The first kappa shape index (κ1) is 12.8. The minimum atomic E-state index is -0.293. The molecular formula is C9H11BrClN5. The van der Waals surface area contributed by atoms with E-state index in [1.807, 2.05) is 6.92 Å². The van der Waals surface area contributed by atoms with Crippen LogP contribution in [0.5, 0.6) is 0 Å². The first-order valence-electron chi connectivity index (χ1n) is 4.33. The van der Waals surface area contributed by atoms with Crippen LogP contribution in [0.15, 0.2) is 16.6 Å². The predicted octanol–water partition coefficient (Wildman–Crippen LogP) is 2.24. The van der Waals surface area contributed by atoms with Crippen molar-refractivity contribution in [3.63, 3.8) is 0 Å². The molecule has 0 bridgehead atoms. The number of rotatable bonds is 1. The van der Waals surface area contributed by atoms with Crippen LogP contribution in [0, 0.1) is 17.7 Å². The van der Waals surface area contributed by atoms with Gasteiger partial charge in [0.25, 0.3) is 0 Å². The molecule has 16 heavy (non-hydrogen) atoms. The van der Waals surface area contributed by atoms with Gasteiger partial charge in [-0.2, -0.15) is 0 Å². The Morgan fingerprint density at radius 3 is 2.62 bits per heavy atom. The van der Waals surface area contributed by atoms with Crippen molar-refractivity contribution in [2.24, 2.45) is 5.73 Å². The molecule has 0 aliphatic heterocycles. The number of benzene rings is 1. The molecule has 0 saturated heterocycles. The summed E-state index contributed by atoms with van der Waals surface area (Å²) < 4.78 is 0.795. The summed E-state index contributed by atoms with van der Waals surface area (Å²) in [5.74, 6) is -0.368. The number of anilines is 1. The Bertz CT molecular complexity index is 446. The molecule has 6 N–H and O–H groups in total. The van der Waals surface area contributed by atoms with Gasteiger partial charge >= 0.3 is 0 Å². The van der Waals surface area contributed by atoms with E-state index < -0.39 is 0 Å². The molecule has 0 saturated carbocycles. The largest absolute Gasteiger partial charge is 0.370 e. The molecule has 5 nitrogen and oxygen atoms in total. The van der Waals surface area contributed by atoms with Crippen LogP contribution < -0.4 is 16.4 Å². The molecule has 0 aromatic heterocycles. The highest BCUT2D eigenvalue weighted by Crippen LogP contribution is 2.30. The quantitative estimate of drug-likeness (QED) is 0.406. The molecule has 1 rings (SSSR count). The Hall–Kier alpha value is -1.27. The first-order chi connectivity index (χ1) is 7.41. The fraction of sp³-hybridized carbons (Fsp3) is 0.111. The Labute approximate surface area is 107 Å². The highest BCUT2D eigenvalue weighted by molar-refractivity contribution is 9.10. The average molecular weight is 305 g/mol. The maximum atomic E-state index is 7.48. The van der Waals surface area contributed by atoms with Gasteiger partial charge in [-0.1, -0.05) is 11.6 Å². The second-order valence-electron chi connectivity index (χ2n) is 3.07. The van der Waals surface area contributed by atoms with Gasteiger partial charge in [-0.05, 0) is 40.5 Å². The Morgan fingerprint density at radius 1 is 1.44 bits per heavy atom. The fourth-order valence-electron chi connectivity index (χ4n) is 1.09. The van der Waals surface area contributed by atoms with Crippen molar-refractivity contribution in [1.82, 2.24) is 5.32 Å². The summed E-state index contributed by atoms with van der Waals surface area (Å²) in [6.45, 7) is 1.83. The van der Waals surface area contributed by atoms with Crippen LogP contribution in [-0.4, -0.2) is 11.9 Å². The molecule has 0 unspecified atom stereocenters. The van der Waals surface area contributed by atoms with Crippen molar-refractivity contribution in [3.05, 3.63) is 27.2 Å². The van der Waals surface area contributed by atoms with E-state index in [2.05, 4.69) is 26.6 Å². The van der Waals surface area contributed by atoms with E-state index in [0.29, 0.717) is 10.7 Å². The minimum Gasteiger partial charge on any atom is -0.370 e. The SMILES string of the molecule is Cc1c(NC(=N)NC(=N)N)ccc(Br)c1Cl. The third-order valence-corrected chi connectivity index (χ3v) is 3.23. The number of hydrogen-bond acceptors (Lipinski definition) is 2. The molecule has 0 spiro atoms. The van der Waals surface area contributed by atoms with Crippen LogP contribution in [0.3, 0.4) is 0 Å². The average Bonchev–Trinajstić information content (AvgIpc) is 2.18. The zero-order valence-electron chi connectivity index (χ0n) is 8.49. The number of guanidine groups is 2. The summed E-state index contributed by atoms with van der Waals surface area (Å²) in [5.41, 5.74) is 6.60. The van der Waals surface area contributed by atoms with E-state index in [-0.39, 0.29) is 11.9 Å². The fourth-order valence-corrected chi connectivity index (χ4v) is 1.68. The van der Waals surface area contributed by atoms with Crippen molar-refractivity contribution in [1.29, 1.82) is 10.8 Å². The summed E-state index contributed by atoms with van der Waals surface area (Å²) in [4.78, 5) is 0. The first-order valence-corrected chi connectivity index (χ1v) is 5.50. The Kier molecular flexibility index (Phi) is 4.14. The van der Waals surface area contributed by atoms with Gasteiger partial charge in [0, 0.05) is 10.2 Å². The van der Waals surface area contributed by atoms with Crippen molar-refractivity contribution in [3.8, 4) is 0 Å². The molecule has 0 aliphatic carbocycles. The molecule has 0 heterocycles. The molecule has 7 heteroatoms. The molecule has 86 valence electrons. The van der Waals surface area contributed by atoms with Gasteiger partial charge in [0.05, 0.1) is 5.02 Å². The number of nitrogens with two attached hydrogens (primary N) is 1. The number of halogens is 2. The normalized spacial score (nSPS) is 9.69. The molecular weight excluding hydrogens is 293 g/mol.